The number of rotatable bonds is 7. The Balaban J connectivity index is 1.33. The summed E-state index contributed by atoms with van der Waals surface area (Å²) >= 11 is 0. The van der Waals surface area contributed by atoms with E-state index in [9.17, 15) is 4.79 Å². The summed E-state index contributed by atoms with van der Waals surface area (Å²) in [6.07, 6.45) is 7.29. The second-order valence-electron chi connectivity index (χ2n) is 6.71. The molecule has 1 atom stereocenters. The van der Waals surface area contributed by atoms with Gasteiger partial charge in [0, 0.05) is 30.0 Å². The van der Waals surface area contributed by atoms with Crippen LogP contribution in [0.15, 0.2) is 71.7 Å². The van der Waals surface area contributed by atoms with Gasteiger partial charge in [-0.1, -0.05) is 12.1 Å². The quantitative estimate of drug-likeness (QED) is 0.521. The Kier molecular flexibility index (Phi) is 5.47. The zero-order valence-corrected chi connectivity index (χ0v) is 15.9. The van der Waals surface area contributed by atoms with Gasteiger partial charge in [0.25, 0.3) is 5.91 Å². The van der Waals surface area contributed by atoms with Crippen LogP contribution in [0.4, 0.5) is 0 Å². The number of nitrogens with one attached hydrogen (secondary N) is 1. The number of benzene rings is 1. The van der Waals surface area contributed by atoms with E-state index in [0.29, 0.717) is 18.1 Å². The molecule has 0 aliphatic heterocycles. The first kappa shape index (κ1) is 18.6. The van der Waals surface area contributed by atoms with Gasteiger partial charge in [0.1, 0.15) is 12.0 Å². The van der Waals surface area contributed by atoms with Gasteiger partial charge in [-0.3, -0.25) is 14.8 Å². The topological polar surface area (TPSA) is 90.1 Å². The zero-order chi connectivity index (χ0) is 20.1. The number of oxazole rings is 1. The molecule has 0 saturated carbocycles. The Bertz CT molecular complexity index is 1110. The highest BCUT2D eigenvalue weighted by atomic mass is 16.5. The summed E-state index contributed by atoms with van der Waals surface area (Å²) in [5.74, 6) is 0.731. The molecule has 3 heterocycles. The van der Waals surface area contributed by atoms with Gasteiger partial charge in [-0.05, 0) is 49.2 Å². The predicted molar refractivity (Wildman–Crippen MR) is 107 cm³/mol. The van der Waals surface area contributed by atoms with Gasteiger partial charge in [0.05, 0.1) is 5.52 Å². The van der Waals surface area contributed by atoms with Gasteiger partial charge in [0.2, 0.25) is 5.89 Å². The van der Waals surface area contributed by atoms with Crippen LogP contribution in [-0.2, 0) is 13.0 Å². The van der Waals surface area contributed by atoms with Crippen LogP contribution in [0.2, 0.25) is 0 Å². The summed E-state index contributed by atoms with van der Waals surface area (Å²) in [7, 11) is 0. The highest BCUT2D eigenvalue weighted by Crippen LogP contribution is 2.20. The van der Waals surface area contributed by atoms with Gasteiger partial charge < -0.3 is 14.5 Å². The van der Waals surface area contributed by atoms with Crippen molar-refractivity contribution in [3.63, 3.8) is 0 Å². The first-order chi connectivity index (χ1) is 14.2. The second-order valence-corrected chi connectivity index (χ2v) is 6.71. The molecule has 0 aliphatic rings. The number of ether oxygens (including phenoxy) is 1. The number of hydrogen-bond donors (Lipinski definition) is 1. The Labute approximate surface area is 167 Å². The molecule has 0 radical (unpaired) electrons. The van der Waals surface area contributed by atoms with Crippen LogP contribution in [0.25, 0.3) is 10.9 Å². The van der Waals surface area contributed by atoms with E-state index in [0.717, 1.165) is 16.5 Å². The van der Waals surface area contributed by atoms with Gasteiger partial charge in [-0.2, -0.15) is 0 Å². The summed E-state index contributed by atoms with van der Waals surface area (Å²) in [4.78, 5) is 25.0. The number of aromatic nitrogens is 3. The summed E-state index contributed by atoms with van der Waals surface area (Å²) in [6.45, 7) is 2.06. The predicted octanol–water partition coefficient (Wildman–Crippen LogP) is 3.56. The van der Waals surface area contributed by atoms with E-state index in [-0.39, 0.29) is 24.2 Å². The molecule has 0 aliphatic carbocycles. The minimum Gasteiger partial charge on any atom is -0.484 e. The summed E-state index contributed by atoms with van der Waals surface area (Å²) in [5, 5.41) is 3.90. The van der Waals surface area contributed by atoms with E-state index in [1.807, 2.05) is 49.4 Å². The fourth-order valence-electron chi connectivity index (χ4n) is 2.99. The molecule has 7 heteroatoms. The van der Waals surface area contributed by atoms with Crippen LogP contribution in [-0.4, -0.2) is 26.9 Å². The van der Waals surface area contributed by atoms with E-state index in [4.69, 9.17) is 9.15 Å². The average molecular weight is 388 g/mol. The molecule has 0 fully saturated rings. The Morgan fingerprint density at radius 3 is 2.97 bits per heavy atom. The first-order valence-electron chi connectivity index (χ1n) is 9.29. The maximum absolute atomic E-state index is 12.4. The Hall–Kier alpha value is -3.74. The number of carbonyl (C=O) groups is 1. The molecule has 7 nitrogen and oxygen atoms in total. The van der Waals surface area contributed by atoms with Crippen molar-refractivity contribution < 1.29 is 13.9 Å². The van der Waals surface area contributed by atoms with Crippen LogP contribution in [0, 0.1) is 0 Å². The molecule has 29 heavy (non-hydrogen) atoms. The van der Waals surface area contributed by atoms with Gasteiger partial charge >= 0.3 is 0 Å². The van der Waals surface area contributed by atoms with E-state index < -0.39 is 0 Å². The first-order valence-corrected chi connectivity index (χ1v) is 9.29. The minimum absolute atomic E-state index is 0.0608. The fraction of sp³-hybridized carbons (Fsp3) is 0.182. The zero-order valence-electron chi connectivity index (χ0n) is 15.9. The van der Waals surface area contributed by atoms with Crippen molar-refractivity contribution in [2.75, 3.05) is 0 Å². The lowest BCUT2D eigenvalue weighted by molar-refractivity contribution is 0.0935. The molecule has 146 valence electrons. The minimum atomic E-state index is -0.284. The normalized spacial score (nSPS) is 11.9. The lowest BCUT2D eigenvalue weighted by Crippen LogP contribution is -2.34. The maximum atomic E-state index is 12.4. The number of pyridine rings is 2. The second kappa shape index (κ2) is 8.52. The third-order valence-corrected chi connectivity index (χ3v) is 4.36. The number of carbonyl (C=O) groups excluding carboxylic acids is 1. The molecule has 1 N–H and O–H groups in total. The van der Waals surface area contributed by atoms with E-state index in [2.05, 4.69) is 20.3 Å². The number of amides is 1. The van der Waals surface area contributed by atoms with E-state index in [1.54, 1.807) is 18.6 Å². The summed E-state index contributed by atoms with van der Waals surface area (Å²) < 4.78 is 11.1. The van der Waals surface area contributed by atoms with Gasteiger partial charge in [-0.25, -0.2) is 4.98 Å². The van der Waals surface area contributed by atoms with Crippen molar-refractivity contribution in [2.24, 2.45) is 0 Å². The van der Waals surface area contributed by atoms with Crippen molar-refractivity contribution in [3.8, 4) is 5.75 Å². The average Bonchev–Trinajstić information content (AvgIpc) is 3.22. The largest absolute Gasteiger partial charge is 0.484 e. The van der Waals surface area contributed by atoms with Crippen molar-refractivity contribution >= 4 is 16.8 Å². The molecule has 4 rings (SSSR count). The van der Waals surface area contributed by atoms with Crippen molar-refractivity contribution in [2.45, 2.75) is 26.0 Å². The SMILES string of the molecule is C[C@H](Cc1cccnc1)NC(=O)c1coc(COc2ccc3ncccc3c2)n1. The van der Waals surface area contributed by atoms with Gasteiger partial charge in [-0.15, -0.1) is 0 Å². The van der Waals surface area contributed by atoms with Gasteiger partial charge in [0.15, 0.2) is 12.3 Å². The smallest absolute Gasteiger partial charge is 0.273 e. The lowest BCUT2D eigenvalue weighted by atomic mass is 10.1. The Morgan fingerprint density at radius 1 is 1.21 bits per heavy atom. The number of fused-ring (bicyclic) bond motifs is 1. The fourth-order valence-corrected chi connectivity index (χ4v) is 2.99. The van der Waals surface area contributed by atoms with E-state index in [1.165, 1.54) is 6.26 Å². The molecular formula is C22H20N4O3. The van der Waals surface area contributed by atoms with Crippen molar-refractivity contribution in [3.05, 3.63) is 84.5 Å². The van der Waals surface area contributed by atoms with Crippen molar-refractivity contribution in [1.29, 1.82) is 0 Å². The molecule has 3 aromatic heterocycles. The van der Waals surface area contributed by atoms with E-state index >= 15 is 0 Å². The lowest BCUT2D eigenvalue weighted by Gasteiger charge is -2.12. The van der Waals surface area contributed by atoms with Crippen LogP contribution < -0.4 is 10.1 Å². The molecular weight excluding hydrogens is 368 g/mol. The summed E-state index contributed by atoms with van der Waals surface area (Å²) in [6, 6.07) is 13.3. The van der Waals surface area contributed by atoms with Crippen LogP contribution in [0.3, 0.4) is 0 Å². The monoisotopic (exact) mass is 388 g/mol. The highest BCUT2D eigenvalue weighted by Gasteiger charge is 2.15. The Morgan fingerprint density at radius 2 is 2.10 bits per heavy atom. The molecule has 0 bridgehead atoms. The van der Waals surface area contributed by atoms with Crippen LogP contribution in [0.5, 0.6) is 5.75 Å². The number of nitrogens with zero attached hydrogens (tertiary/aromatic N) is 3. The summed E-state index contributed by atoms with van der Waals surface area (Å²) in [5.41, 5.74) is 2.18. The van der Waals surface area contributed by atoms with Crippen LogP contribution in [0.1, 0.15) is 28.9 Å². The number of hydrogen-bond acceptors (Lipinski definition) is 6. The molecule has 0 unspecified atom stereocenters. The highest BCUT2D eigenvalue weighted by molar-refractivity contribution is 5.92. The molecule has 1 amide bonds. The third kappa shape index (κ3) is 4.76. The maximum Gasteiger partial charge on any atom is 0.273 e. The third-order valence-electron chi connectivity index (χ3n) is 4.36. The van der Waals surface area contributed by atoms with Crippen LogP contribution >= 0.6 is 0 Å². The molecule has 4 aromatic rings. The van der Waals surface area contributed by atoms with Crippen molar-refractivity contribution in [1.82, 2.24) is 20.3 Å². The molecule has 0 spiro atoms. The molecule has 1 aromatic carbocycles. The standard InChI is InChI=1S/C22H20N4O3/c1-15(10-16-4-2-8-23-12-16)25-22(27)20-13-29-21(26-20)14-28-18-6-7-19-17(11-18)5-3-9-24-19/h2-9,11-13,15H,10,14H2,1H3,(H,25,27)/t15-/m1/s1. The molecule has 0 saturated heterocycles.